The third kappa shape index (κ3) is 3.16. The van der Waals surface area contributed by atoms with Crippen molar-refractivity contribution < 1.29 is 9.90 Å². The highest BCUT2D eigenvalue weighted by molar-refractivity contribution is 9.10. The van der Waals surface area contributed by atoms with Crippen LogP contribution in [0.3, 0.4) is 0 Å². The fraction of sp³-hybridized carbons (Fsp3) is 0.0714. The Hall–Kier alpha value is -1.33. The third-order valence-electron chi connectivity index (χ3n) is 2.63. The van der Waals surface area contributed by atoms with E-state index >= 15 is 0 Å². The van der Waals surface area contributed by atoms with Crippen molar-refractivity contribution in [3.8, 4) is 5.75 Å². The summed E-state index contributed by atoms with van der Waals surface area (Å²) in [6.07, 6.45) is 0. The van der Waals surface area contributed by atoms with Crippen molar-refractivity contribution in [2.75, 3.05) is 5.32 Å². The molecule has 5 heteroatoms. The summed E-state index contributed by atoms with van der Waals surface area (Å²) in [5.74, 6) is -0.0247. The molecule has 0 atom stereocenters. The van der Waals surface area contributed by atoms with Gasteiger partial charge in [-0.2, -0.15) is 0 Å². The molecule has 98 valence electrons. The SMILES string of the molecule is Cc1cc(NC(=O)c2ccccc2Br)cc(Br)c1O. The number of halogens is 2. The van der Waals surface area contributed by atoms with Gasteiger partial charge in [0.25, 0.3) is 5.91 Å². The lowest BCUT2D eigenvalue weighted by Gasteiger charge is -2.09. The van der Waals surface area contributed by atoms with Crippen molar-refractivity contribution in [2.24, 2.45) is 0 Å². The Balaban J connectivity index is 2.27. The number of anilines is 1. The molecule has 0 saturated carbocycles. The molecule has 0 heterocycles. The van der Waals surface area contributed by atoms with Crippen LogP contribution in [0.5, 0.6) is 5.75 Å². The summed E-state index contributed by atoms with van der Waals surface area (Å²) in [5.41, 5.74) is 1.88. The van der Waals surface area contributed by atoms with Crippen LogP contribution in [0.4, 0.5) is 5.69 Å². The molecule has 2 rings (SSSR count). The highest BCUT2D eigenvalue weighted by Crippen LogP contribution is 2.31. The number of rotatable bonds is 2. The second kappa shape index (κ2) is 5.75. The molecule has 0 unspecified atom stereocenters. The first kappa shape index (κ1) is 14.1. The van der Waals surface area contributed by atoms with E-state index < -0.39 is 0 Å². The minimum atomic E-state index is -0.204. The molecule has 2 N–H and O–H groups in total. The molecule has 0 aliphatic rings. The molecule has 0 bridgehead atoms. The van der Waals surface area contributed by atoms with E-state index in [4.69, 9.17) is 0 Å². The van der Waals surface area contributed by atoms with Crippen LogP contribution in [0.25, 0.3) is 0 Å². The van der Waals surface area contributed by atoms with E-state index in [0.29, 0.717) is 21.3 Å². The second-order valence-electron chi connectivity index (χ2n) is 4.06. The molecule has 0 saturated heterocycles. The number of aromatic hydroxyl groups is 1. The first-order valence-corrected chi connectivity index (χ1v) is 7.12. The van der Waals surface area contributed by atoms with Gasteiger partial charge in [-0.25, -0.2) is 0 Å². The zero-order valence-electron chi connectivity index (χ0n) is 10.1. The molecule has 3 nitrogen and oxygen atoms in total. The Bertz CT molecular complexity index is 618. The van der Waals surface area contributed by atoms with Gasteiger partial charge >= 0.3 is 0 Å². The van der Waals surface area contributed by atoms with Crippen LogP contribution in [0.15, 0.2) is 45.3 Å². The predicted molar refractivity (Wildman–Crippen MR) is 82.6 cm³/mol. The van der Waals surface area contributed by atoms with Gasteiger partial charge in [0.05, 0.1) is 10.0 Å². The lowest BCUT2D eigenvalue weighted by Crippen LogP contribution is -2.12. The molecule has 2 aromatic carbocycles. The molecule has 2 aromatic rings. The van der Waals surface area contributed by atoms with Gasteiger partial charge < -0.3 is 10.4 Å². The third-order valence-corrected chi connectivity index (χ3v) is 3.93. The van der Waals surface area contributed by atoms with Gasteiger partial charge in [0.2, 0.25) is 0 Å². The number of phenols is 1. The lowest BCUT2D eigenvalue weighted by atomic mass is 10.1. The minimum absolute atomic E-state index is 0.180. The van der Waals surface area contributed by atoms with Crippen LogP contribution in [0.1, 0.15) is 15.9 Å². The van der Waals surface area contributed by atoms with Gasteiger partial charge in [-0.1, -0.05) is 12.1 Å². The molecule has 19 heavy (non-hydrogen) atoms. The second-order valence-corrected chi connectivity index (χ2v) is 5.77. The number of carbonyl (C=O) groups is 1. The molecule has 0 radical (unpaired) electrons. The van der Waals surface area contributed by atoms with Gasteiger partial charge in [0.15, 0.2) is 0 Å². The average molecular weight is 385 g/mol. The highest BCUT2D eigenvalue weighted by atomic mass is 79.9. The standard InChI is InChI=1S/C14H11Br2NO2/c1-8-6-9(7-12(16)13(8)18)17-14(19)10-4-2-3-5-11(10)15/h2-7,18H,1H3,(H,17,19). The molecular formula is C14H11Br2NO2. The number of amides is 1. The molecule has 0 fully saturated rings. The molecule has 0 aromatic heterocycles. The van der Waals surface area contributed by atoms with Crippen molar-refractivity contribution in [2.45, 2.75) is 6.92 Å². The van der Waals surface area contributed by atoms with Gasteiger partial charge in [0, 0.05) is 10.2 Å². The van der Waals surface area contributed by atoms with E-state index in [-0.39, 0.29) is 11.7 Å². The number of hydrogen-bond donors (Lipinski definition) is 2. The fourth-order valence-corrected chi connectivity index (χ4v) is 2.68. The van der Waals surface area contributed by atoms with Crippen molar-refractivity contribution in [3.63, 3.8) is 0 Å². The minimum Gasteiger partial charge on any atom is -0.506 e. The smallest absolute Gasteiger partial charge is 0.256 e. The quantitative estimate of drug-likeness (QED) is 0.750. The summed E-state index contributed by atoms with van der Waals surface area (Å²) < 4.78 is 1.29. The highest BCUT2D eigenvalue weighted by Gasteiger charge is 2.11. The Morgan fingerprint density at radius 1 is 1.16 bits per heavy atom. The Labute approximate surface area is 127 Å². The number of benzene rings is 2. The molecular weight excluding hydrogens is 374 g/mol. The maximum atomic E-state index is 12.1. The zero-order chi connectivity index (χ0) is 14.0. The summed E-state index contributed by atoms with van der Waals surface area (Å²) in [4.78, 5) is 12.1. The van der Waals surface area contributed by atoms with Gasteiger partial charge in [-0.3, -0.25) is 4.79 Å². The van der Waals surface area contributed by atoms with Crippen LogP contribution < -0.4 is 5.32 Å². The van der Waals surface area contributed by atoms with Gasteiger partial charge in [-0.05, 0) is 68.6 Å². The van der Waals surface area contributed by atoms with Gasteiger partial charge in [0.1, 0.15) is 5.75 Å². The number of nitrogens with one attached hydrogen (secondary N) is 1. The Morgan fingerprint density at radius 3 is 2.47 bits per heavy atom. The maximum Gasteiger partial charge on any atom is 0.256 e. The molecule has 1 amide bonds. The lowest BCUT2D eigenvalue weighted by molar-refractivity contribution is 0.102. The largest absolute Gasteiger partial charge is 0.506 e. The summed E-state index contributed by atoms with van der Waals surface area (Å²) in [6, 6.07) is 10.6. The summed E-state index contributed by atoms with van der Waals surface area (Å²) >= 11 is 6.59. The van der Waals surface area contributed by atoms with E-state index in [9.17, 15) is 9.90 Å². The van der Waals surface area contributed by atoms with Crippen LogP contribution in [0.2, 0.25) is 0 Å². The topological polar surface area (TPSA) is 49.3 Å². The monoisotopic (exact) mass is 383 g/mol. The number of hydrogen-bond acceptors (Lipinski definition) is 2. The van der Waals surface area contributed by atoms with Gasteiger partial charge in [-0.15, -0.1) is 0 Å². The zero-order valence-corrected chi connectivity index (χ0v) is 13.2. The summed E-state index contributed by atoms with van der Waals surface area (Å²) in [5, 5.41) is 12.5. The van der Waals surface area contributed by atoms with E-state index in [1.807, 2.05) is 12.1 Å². The van der Waals surface area contributed by atoms with E-state index in [1.54, 1.807) is 31.2 Å². The number of aryl methyl sites for hydroxylation is 1. The first-order valence-electron chi connectivity index (χ1n) is 5.54. The number of carbonyl (C=O) groups excluding carboxylic acids is 1. The van der Waals surface area contributed by atoms with Crippen molar-refractivity contribution in [1.29, 1.82) is 0 Å². The van der Waals surface area contributed by atoms with Crippen LogP contribution in [-0.2, 0) is 0 Å². The van der Waals surface area contributed by atoms with E-state index in [0.717, 1.165) is 4.47 Å². The van der Waals surface area contributed by atoms with Crippen molar-refractivity contribution in [1.82, 2.24) is 0 Å². The maximum absolute atomic E-state index is 12.1. The first-order chi connectivity index (χ1) is 8.99. The molecule has 0 aliphatic heterocycles. The van der Waals surface area contributed by atoms with Crippen LogP contribution >= 0.6 is 31.9 Å². The Kier molecular flexibility index (Phi) is 4.27. The number of phenolic OH excluding ortho intramolecular Hbond substituents is 1. The van der Waals surface area contributed by atoms with Crippen LogP contribution in [-0.4, -0.2) is 11.0 Å². The van der Waals surface area contributed by atoms with E-state index in [2.05, 4.69) is 37.2 Å². The summed E-state index contributed by atoms with van der Waals surface area (Å²) in [6.45, 7) is 1.77. The van der Waals surface area contributed by atoms with Crippen LogP contribution in [0, 0.1) is 6.92 Å². The summed E-state index contributed by atoms with van der Waals surface area (Å²) in [7, 11) is 0. The average Bonchev–Trinajstić information content (AvgIpc) is 2.36. The Morgan fingerprint density at radius 2 is 1.84 bits per heavy atom. The molecule has 0 aliphatic carbocycles. The normalized spacial score (nSPS) is 10.3. The fourth-order valence-electron chi connectivity index (χ4n) is 1.65. The van der Waals surface area contributed by atoms with Crippen molar-refractivity contribution >= 4 is 43.5 Å². The molecule has 0 spiro atoms. The van der Waals surface area contributed by atoms with E-state index in [1.165, 1.54) is 0 Å². The predicted octanol–water partition coefficient (Wildman–Crippen LogP) is 4.48. The van der Waals surface area contributed by atoms with Crippen molar-refractivity contribution in [3.05, 3.63) is 56.5 Å².